The fourth-order valence-corrected chi connectivity index (χ4v) is 2.27. The van der Waals surface area contributed by atoms with Crippen LogP contribution in [0.4, 0.5) is 0 Å². The van der Waals surface area contributed by atoms with Gasteiger partial charge in [0.25, 0.3) is 5.56 Å². The van der Waals surface area contributed by atoms with Crippen LogP contribution in [0.2, 0.25) is 0 Å². The van der Waals surface area contributed by atoms with E-state index < -0.39 is 0 Å². The van der Waals surface area contributed by atoms with Gasteiger partial charge in [-0.05, 0) is 18.2 Å². The van der Waals surface area contributed by atoms with E-state index in [9.17, 15) is 4.79 Å². The maximum atomic E-state index is 12.5. The van der Waals surface area contributed by atoms with Gasteiger partial charge in [-0.15, -0.1) is 10.2 Å². The van der Waals surface area contributed by atoms with Gasteiger partial charge in [0.05, 0.1) is 18.4 Å². The third-order valence-corrected chi connectivity index (χ3v) is 3.28. The van der Waals surface area contributed by atoms with Crippen LogP contribution in [-0.4, -0.2) is 29.4 Å². The lowest BCUT2D eigenvalue weighted by atomic mass is 10.3. The van der Waals surface area contributed by atoms with Crippen molar-refractivity contribution >= 4 is 16.7 Å². The van der Waals surface area contributed by atoms with Crippen LogP contribution in [0.5, 0.6) is 0 Å². The van der Waals surface area contributed by atoms with Gasteiger partial charge in [0.2, 0.25) is 0 Å². The summed E-state index contributed by atoms with van der Waals surface area (Å²) in [4.78, 5) is 16.7. The van der Waals surface area contributed by atoms with E-state index in [-0.39, 0.29) is 5.56 Å². The predicted octanol–water partition coefficient (Wildman–Crippen LogP) is 0.882. The minimum Gasteiger partial charge on any atom is -0.307 e. The van der Waals surface area contributed by atoms with Crippen molar-refractivity contribution in [3.8, 4) is 0 Å². The molecule has 0 saturated heterocycles. The Bertz CT molecular complexity index is 989. The molecule has 4 heterocycles. The summed E-state index contributed by atoms with van der Waals surface area (Å²) in [7, 11) is 0. The number of rotatable bonds is 2. The molecule has 7 nitrogen and oxygen atoms in total. The lowest BCUT2D eigenvalue weighted by Gasteiger charge is -2.06. The molecule has 0 atom stereocenters. The van der Waals surface area contributed by atoms with Crippen molar-refractivity contribution in [1.82, 2.24) is 29.4 Å². The minimum absolute atomic E-state index is 0.206. The molecule has 0 amide bonds. The van der Waals surface area contributed by atoms with E-state index in [1.807, 2.05) is 24.3 Å². The first-order valence-corrected chi connectivity index (χ1v) is 6.42. The molecule has 0 aromatic carbocycles. The van der Waals surface area contributed by atoms with E-state index in [1.54, 1.807) is 33.7 Å². The number of fused-ring (bicyclic) bond motifs is 3. The molecule has 0 saturated carbocycles. The molecule has 102 valence electrons. The Balaban J connectivity index is 1.90. The first kappa shape index (κ1) is 11.7. The molecule has 0 unspecified atom stereocenters. The molecular formula is C14H10N6O. The molecule has 0 fully saturated rings. The van der Waals surface area contributed by atoms with Crippen LogP contribution in [0, 0.1) is 0 Å². The largest absolute Gasteiger partial charge is 0.307 e. The number of hydrogen-bond acceptors (Lipinski definition) is 5. The SMILES string of the molecule is O=c1c2nnc3ccnn3c2ccn1Cc1ccccn1. The highest BCUT2D eigenvalue weighted by molar-refractivity contribution is 5.74. The van der Waals surface area contributed by atoms with Crippen molar-refractivity contribution in [3.63, 3.8) is 0 Å². The molecular weight excluding hydrogens is 268 g/mol. The second-order valence-electron chi connectivity index (χ2n) is 4.60. The summed E-state index contributed by atoms with van der Waals surface area (Å²) in [5, 5.41) is 12.2. The highest BCUT2D eigenvalue weighted by atomic mass is 16.1. The van der Waals surface area contributed by atoms with Gasteiger partial charge in [-0.1, -0.05) is 6.07 Å². The average Bonchev–Trinajstić information content (AvgIpc) is 3.00. The summed E-state index contributed by atoms with van der Waals surface area (Å²) in [6.07, 6.45) is 5.06. The topological polar surface area (TPSA) is 78.0 Å². The quantitative estimate of drug-likeness (QED) is 0.544. The van der Waals surface area contributed by atoms with Crippen molar-refractivity contribution in [3.05, 3.63) is 65.0 Å². The minimum atomic E-state index is -0.206. The van der Waals surface area contributed by atoms with Crippen LogP contribution in [0.25, 0.3) is 16.7 Å². The fraction of sp³-hybridized carbons (Fsp3) is 0.0714. The summed E-state index contributed by atoms with van der Waals surface area (Å²) in [6.45, 7) is 0.397. The molecule has 0 N–H and O–H groups in total. The zero-order valence-corrected chi connectivity index (χ0v) is 10.9. The van der Waals surface area contributed by atoms with Crippen molar-refractivity contribution in [2.24, 2.45) is 0 Å². The lowest BCUT2D eigenvalue weighted by Crippen LogP contribution is -2.22. The zero-order chi connectivity index (χ0) is 14.2. The first-order chi connectivity index (χ1) is 10.3. The Morgan fingerprint density at radius 2 is 2.00 bits per heavy atom. The number of nitrogens with zero attached hydrogens (tertiary/aromatic N) is 6. The van der Waals surface area contributed by atoms with Crippen molar-refractivity contribution in [2.45, 2.75) is 6.54 Å². The van der Waals surface area contributed by atoms with Crippen LogP contribution in [0.1, 0.15) is 5.69 Å². The molecule has 0 aliphatic rings. The van der Waals surface area contributed by atoms with E-state index in [4.69, 9.17) is 0 Å². The Morgan fingerprint density at radius 3 is 2.86 bits per heavy atom. The standard InChI is InChI=1S/C14H10N6O/c21-14-13-11(20-12(17-18-13)4-7-16-20)5-8-19(14)9-10-3-1-2-6-15-10/h1-8H,9H2. The first-order valence-electron chi connectivity index (χ1n) is 6.42. The van der Waals surface area contributed by atoms with Crippen LogP contribution >= 0.6 is 0 Å². The Labute approximate surface area is 118 Å². The summed E-state index contributed by atoms with van der Waals surface area (Å²) < 4.78 is 3.17. The van der Waals surface area contributed by atoms with Crippen LogP contribution in [0.15, 0.2) is 53.7 Å². The van der Waals surface area contributed by atoms with Gasteiger partial charge in [0.15, 0.2) is 11.2 Å². The summed E-state index contributed by atoms with van der Waals surface area (Å²) >= 11 is 0. The summed E-state index contributed by atoms with van der Waals surface area (Å²) in [5.41, 5.74) is 2.16. The van der Waals surface area contributed by atoms with Crippen molar-refractivity contribution in [2.75, 3.05) is 0 Å². The highest BCUT2D eigenvalue weighted by Gasteiger charge is 2.09. The van der Waals surface area contributed by atoms with E-state index >= 15 is 0 Å². The maximum Gasteiger partial charge on any atom is 0.280 e. The van der Waals surface area contributed by atoms with Gasteiger partial charge in [-0.25, -0.2) is 4.52 Å². The Morgan fingerprint density at radius 1 is 1.05 bits per heavy atom. The van der Waals surface area contributed by atoms with Gasteiger partial charge in [-0.3, -0.25) is 9.78 Å². The predicted molar refractivity (Wildman–Crippen MR) is 75.9 cm³/mol. The molecule has 0 radical (unpaired) electrons. The third kappa shape index (κ3) is 1.86. The number of hydrogen-bond donors (Lipinski definition) is 0. The normalized spacial score (nSPS) is 11.2. The van der Waals surface area contributed by atoms with E-state index in [0.29, 0.717) is 23.2 Å². The average molecular weight is 278 g/mol. The van der Waals surface area contributed by atoms with Gasteiger partial charge in [0, 0.05) is 18.5 Å². The van der Waals surface area contributed by atoms with Gasteiger partial charge in [0.1, 0.15) is 5.52 Å². The Hall–Kier alpha value is -3.09. The molecule has 4 aromatic rings. The van der Waals surface area contributed by atoms with Crippen molar-refractivity contribution < 1.29 is 0 Å². The van der Waals surface area contributed by atoms with Gasteiger partial charge < -0.3 is 4.57 Å². The zero-order valence-electron chi connectivity index (χ0n) is 10.9. The monoisotopic (exact) mass is 278 g/mol. The second kappa shape index (κ2) is 4.48. The molecule has 0 aliphatic carbocycles. The molecule has 0 bridgehead atoms. The number of aromatic nitrogens is 6. The van der Waals surface area contributed by atoms with Crippen LogP contribution < -0.4 is 5.56 Å². The molecule has 4 aromatic heterocycles. The summed E-state index contributed by atoms with van der Waals surface area (Å²) in [5.74, 6) is 0. The highest BCUT2D eigenvalue weighted by Crippen LogP contribution is 2.08. The fourth-order valence-electron chi connectivity index (χ4n) is 2.27. The van der Waals surface area contributed by atoms with E-state index in [1.165, 1.54) is 0 Å². The van der Waals surface area contributed by atoms with Gasteiger partial charge >= 0.3 is 0 Å². The van der Waals surface area contributed by atoms with Crippen molar-refractivity contribution in [1.29, 1.82) is 0 Å². The maximum absolute atomic E-state index is 12.5. The smallest absolute Gasteiger partial charge is 0.280 e. The van der Waals surface area contributed by atoms with E-state index in [0.717, 1.165) is 5.69 Å². The van der Waals surface area contributed by atoms with Crippen LogP contribution in [0.3, 0.4) is 0 Å². The third-order valence-electron chi connectivity index (χ3n) is 3.28. The van der Waals surface area contributed by atoms with Gasteiger partial charge in [-0.2, -0.15) is 5.10 Å². The van der Waals surface area contributed by atoms with E-state index in [2.05, 4.69) is 20.3 Å². The molecule has 7 heteroatoms. The lowest BCUT2D eigenvalue weighted by molar-refractivity contribution is 0.741. The molecule has 0 aliphatic heterocycles. The molecule has 4 rings (SSSR count). The number of pyridine rings is 2. The molecule has 0 spiro atoms. The summed E-state index contributed by atoms with van der Waals surface area (Å²) in [6, 6.07) is 9.16. The Kier molecular flexibility index (Phi) is 2.50. The van der Waals surface area contributed by atoms with Crippen LogP contribution in [-0.2, 0) is 6.54 Å². The molecule has 21 heavy (non-hydrogen) atoms. The second-order valence-corrected chi connectivity index (χ2v) is 4.60.